The Kier molecular flexibility index (Phi) is 4.88. The fraction of sp³-hybridized carbons (Fsp3) is 0.667. The van der Waals surface area contributed by atoms with Crippen LogP contribution in [0, 0.1) is 5.92 Å². The van der Waals surface area contributed by atoms with Gasteiger partial charge in [-0.2, -0.15) is 5.10 Å². The molecule has 1 unspecified atom stereocenters. The molecule has 1 heterocycles. The second kappa shape index (κ2) is 6.64. The van der Waals surface area contributed by atoms with Crippen molar-refractivity contribution in [3.8, 4) is 0 Å². The lowest BCUT2D eigenvalue weighted by atomic mass is 9.89. The molecule has 0 aliphatic heterocycles. The van der Waals surface area contributed by atoms with Crippen molar-refractivity contribution in [3.63, 3.8) is 0 Å². The van der Waals surface area contributed by atoms with Gasteiger partial charge in [0.1, 0.15) is 6.29 Å². The van der Waals surface area contributed by atoms with E-state index in [1.165, 1.54) is 32.1 Å². The van der Waals surface area contributed by atoms with E-state index in [0.29, 0.717) is 24.4 Å². The van der Waals surface area contributed by atoms with E-state index in [0.717, 1.165) is 6.29 Å². The average Bonchev–Trinajstić information content (AvgIpc) is 2.45. The highest BCUT2D eigenvalue weighted by molar-refractivity contribution is 5.61. The Bertz CT molecular complexity index is 475. The lowest BCUT2D eigenvalue weighted by Crippen LogP contribution is -2.30. The van der Waals surface area contributed by atoms with Crippen LogP contribution in [-0.2, 0) is 11.3 Å². The number of hydrogen-bond donors (Lipinski definition) is 0. The van der Waals surface area contributed by atoms with E-state index >= 15 is 0 Å². The van der Waals surface area contributed by atoms with Crippen molar-refractivity contribution >= 4 is 6.29 Å². The molecule has 4 heteroatoms. The molecule has 0 amide bonds. The Morgan fingerprint density at radius 2 is 2.16 bits per heavy atom. The molecule has 0 radical (unpaired) electrons. The number of carbonyl (C=O) groups is 1. The Morgan fingerprint density at radius 1 is 1.42 bits per heavy atom. The van der Waals surface area contributed by atoms with Gasteiger partial charge in [-0.1, -0.05) is 26.2 Å². The zero-order valence-corrected chi connectivity index (χ0v) is 11.5. The van der Waals surface area contributed by atoms with Gasteiger partial charge in [-0.15, -0.1) is 0 Å². The van der Waals surface area contributed by atoms with Crippen LogP contribution in [0.5, 0.6) is 0 Å². The van der Waals surface area contributed by atoms with Crippen LogP contribution in [-0.4, -0.2) is 16.1 Å². The maximum absolute atomic E-state index is 12.3. The van der Waals surface area contributed by atoms with Crippen LogP contribution in [0.25, 0.3) is 0 Å². The monoisotopic (exact) mass is 262 g/mol. The molecular weight excluding hydrogens is 240 g/mol. The molecule has 104 valence electrons. The van der Waals surface area contributed by atoms with Crippen LogP contribution in [0.1, 0.15) is 56.9 Å². The van der Waals surface area contributed by atoms with E-state index in [1.54, 1.807) is 16.9 Å². The summed E-state index contributed by atoms with van der Waals surface area (Å²) in [5.41, 5.74) is 0.496. The molecule has 0 spiro atoms. The first kappa shape index (κ1) is 14.0. The summed E-state index contributed by atoms with van der Waals surface area (Å²) in [5.74, 6) is 0.263. The van der Waals surface area contributed by atoms with Crippen molar-refractivity contribution in [1.82, 2.24) is 9.78 Å². The number of aromatic nitrogens is 2. The van der Waals surface area contributed by atoms with Gasteiger partial charge >= 0.3 is 0 Å². The van der Waals surface area contributed by atoms with Gasteiger partial charge < -0.3 is 4.79 Å². The summed E-state index contributed by atoms with van der Waals surface area (Å²) in [7, 11) is 0. The Labute approximate surface area is 113 Å². The molecule has 1 aliphatic carbocycles. The van der Waals surface area contributed by atoms with Crippen molar-refractivity contribution in [3.05, 3.63) is 28.2 Å². The highest BCUT2D eigenvalue weighted by Gasteiger charge is 2.18. The first-order valence-electron chi connectivity index (χ1n) is 7.27. The Morgan fingerprint density at radius 3 is 2.79 bits per heavy atom. The van der Waals surface area contributed by atoms with Crippen LogP contribution in [0.4, 0.5) is 0 Å². The summed E-state index contributed by atoms with van der Waals surface area (Å²) in [5, 5.41) is 4.17. The highest BCUT2D eigenvalue weighted by Crippen LogP contribution is 2.24. The maximum Gasteiger partial charge on any atom is 0.270 e. The second-order valence-electron chi connectivity index (χ2n) is 5.43. The van der Waals surface area contributed by atoms with E-state index in [4.69, 9.17) is 0 Å². The smallest absolute Gasteiger partial charge is 0.270 e. The Hall–Kier alpha value is -1.45. The Balaban J connectivity index is 2.19. The van der Waals surface area contributed by atoms with Crippen LogP contribution in [0.15, 0.2) is 17.1 Å². The lowest BCUT2D eigenvalue weighted by Gasteiger charge is -2.22. The molecule has 1 aliphatic rings. The molecule has 1 aromatic rings. The van der Waals surface area contributed by atoms with E-state index < -0.39 is 0 Å². The van der Waals surface area contributed by atoms with Gasteiger partial charge in [0.05, 0.1) is 0 Å². The summed E-state index contributed by atoms with van der Waals surface area (Å²) in [6.07, 6.45) is 9.35. The summed E-state index contributed by atoms with van der Waals surface area (Å²) in [4.78, 5) is 23.4. The standard InChI is InChI=1S/C15H22N2O2/c1-2-13(11-18)14-8-9-16-17(15(14)19)10-12-6-4-3-5-7-12/h8-9,11-13H,2-7,10H2,1H3. The summed E-state index contributed by atoms with van der Waals surface area (Å²) < 4.78 is 1.55. The quantitative estimate of drug-likeness (QED) is 0.766. The molecule has 0 N–H and O–H groups in total. The summed E-state index contributed by atoms with van der Waals surface area (Å²) in [6.45, 7) is 2.62. The van der Waals surface area contributed by atoms with Gasteiger partial charge in [0.25, 0.3) is 5.56 Å². The third kappa shape index (κ3) is 3.31. The van der Waals surface area contributed by atoms with Gasteiger partial charge in [0.15, 0.2) is 0 Å². The van der Waals surface area contributed by atoms with Crippen LogP contribution < -0.4 is 5.56 Å². The molecule has 0 aromatic carbocycles. The van der Waals surface area contributed by atoms with Crippen molar-refractivity contribution < 1.29 is 4.79 Å². The molecule has 1 saturated carbocycles. The summed E-state index contributed by atoms with van der Waals surface area (Å²) >= 11 is 0. The van der Waals surface area contributed by atoms with Crippen LogP contribution >= 0.6 is 0 Å². The van der Waals surface area contributed by atoms with Crippen molar-refractivity contribution in [2.75, 3.05) is 0 Å². The lowest BCUT2D eigenvalue weighted by molar-refractivity contribution is -0.109. The molecule has 19 heavy (non-hydrogen) atoms. The molecule has 0 bridgehead atoms. The number of carbonyl (C=O) groups excluding carboxylic acids is 1. The van der Waals surface area contributed by atoms with Crippen molar-refractivity contribution in [1.29, 1.82) is 0 Å². The minimum atomic E-state index is -0.298. The average molecular weight is 262 g/mol. The fourth-order valence-electron chi connectivity index (χ4n) is 2.88. The molecule has 2 rings (SSSR count). The second-order valence-corrected chi connectivity index (χ2v) is 5.43. The van der Waals surface area contributed by atoms with Gasteiger partial charge in [0, 0.05) is 24.2 Å². The number of rotatable bonds is 5. The SMILES string of the molecule is CCC(C=O)c1ccnn(CC2CCCCC2)c1=O. The van der Waals surface area contributed by atoms with Gasteiger partial charge in [-0.05, 0) is 31.2 Å². The zero-order chi connectivity index (χ0) is 13.7. The third-order valence-electron chi connectivity index (χ3n) is 4.10. The van der Waals surface area contributed by atoms with Crippen LogP contribution in [0.3, 0.4) is 0 Å². The summed E-state index contributed by atoms with van der Waals surface area (Å²) in [6, 6.07) is 1.68. The number of nitrogens with zero attached hydrogens (tertiary/aromatic N) is 2. The number of hydrogen-bond acceptors (Lipinski definition) is 3. The molecule has 0 saturated heterocycles. The van der Waals surface area contributed by atoms with E-state index in [2.05, 4.69) is 5.10 Å². The minimum Gasteiger partial charge on any atom is -0.303 e. The molecule has 1 aromatic heterocycles. The molecule has 1 atom stereocenters. The zero-order valence-electron chi connectivity index (χ0n) is 11.5. The molecular formula is C15H22N2O2. The van der Waals surface area contributed by atoms with E-state index in [-0.39, 0.29) is 11.5 Å². The molecule has 4 nitrogen and oxygen atoms in total. The van der Waals surface area contributed by atoms with Crippen molar-refractivity contribution in [2.45, 2.75) is 57.9 Å². The first-order valence-corrected chi connectivity index (χ1v) is 7.27. The van der Waals surface area contributed by atoms with Crippen molar-refractivity contribution in [2.24, 2.45) is 5.92 Å². The van der Waals surface area contributed by atoms with E-state index in [1.807, 2.05) is 6.92 Å². The topological polar surface area (TPSA) is 52.0 Å². The van der Waals surface area contributed by atoms with Crippen LogP contribution in [0.2, 0.25) is 0 Å². The molecule has 1 fully saturated rings. The minimum absolute atomic E-state index is 0.0907. The van der Waals surface area contributed by atoms with Gasteiger partial charge in [0.2, 0.25) is 0 Å². The highest BCUT2D eigenvalue weighted by atomic mass is 16.1. The van der Waals surface area contributed by atoms with E-state index in [9.17, 15) is 9.59 Å². The van der Waals surface area contributed by atoms with Gasteiger partial charge in [-0.25, -0.2) is 4.68 Å². The predicted octanol–water partition coefficient (Wildman–Crippen LogP) is 2.52. The normalized spacial score (nSPS) is 18.2. The third-order valence-corrected chi connectivity index (χ3v) is 4.10. The van der Waals surface area contributed by atoms with Gasteiger partial charge in [-0.3, -0.25) is 4.79 Å². The number of aldehydes is 1. The fourth-order valence-corrected chi connectivity index (χ4v) is 2.88. The largest absolute Gasteiger partial charge is 0.303 e. The predicted molar refractivity (Wildman–Crippen MR) is 74.2 cm³/mol. The first-order chi connectivity index (χ1) is 9.26. The maximum atomic E-state index is 12.3.